The van der Waals surface area contributed by atoms with Gasteiger partial charge in [0.05, 0.1) is 11.6 Å². The third-order valence-corrected chi connectivity index (χ3v) is 4.95. The van der Waals surface area contributed by atoms with Crippen LogP contribution in [0, 0.1) is 17.8 Å². The molecule has 0 amide bonds. The van der Waals surface area contributed by atoms with Crippen molar-refractivity contribution in [1.82, 2.24) is 0 Å². The Morgan fingerprint density at radius 2 is 1.62 bits per heavy atom. The molecule has 4 fully saturated rings. The molecule has 2 atom stereocenters. The highest BCUT2D eigenvalue weighted by Crippen LogP contribution is 2.62. The van der Waals surface area contributed by atoms with Crippen molar-refractivity contribution >= 4 is 0 Å². The Morgan fingerprint density at radius 3 is 2.31 bits per heavy atom. The van der Waals surface area contributed by atoms with Gasteiger partial charge in [0.1, 0.15) is 0 Å². The van der Waals surface area contributed by atoms with Crippen LogP contribution in [0.1, 0.15) is 38.5 Å². The van der Waals surface area contributed by atoms with Crippen molar-refractivity contribution in [2.24, 2.45) is 28.0 Å². The monoisotopic (exact) mass is 176 g/mol. The number of rotatable bonds is 0. The highest BCUT2D eigenvalue weighted by atomic mass is 15.3. The summed E-state index contributed by atoms with van der Waals surface area (Å²) < 4.78 is 0. The molecule has 0 aromatic rings. The average molecular weight is 176 g/mol. The first-order chi connectivity index (χ1) is 6.39. The van der Waals surface area contributed by atoms with E-state index >= 15 is 0 Å². The lowest BCUT2D eigenvalue weighted by molar-refractivity contribution is 0.0699. The normalized spacial score (nSPS) is 54.2. The van der Waals surface area contributed by atoms with Crippen molar-refractivity contribution in [3.8, 4) is 0 Å². The highest BCUT2D eigenvalue weighted by molar-refractivity contribution is 5.18. The number of azo groups is 1. The van der Waals surface area contributed by atoms with E-state index in [4.69, 9.17) is 0 Å². The SMILES string of the molecule is C1CC2CCC1C1N=NC3(CC3)C21. The molecule has 13 heavy (non-hydrogen) atoms. The molecule has 5 rings (SSSR count). The number of hydrogen-bond donors (Lipinski definition) is 0. The molecule has 0 saturated heterocycles. The van der Waals surface area contributed by atoms with Crippen LogP contribution in [0.2, 0.25) is 0 Å². The van der Waals surface area contributed by atoms with Gasteiger partial charge in [0, 0.05) is 5.92 Å². The Kier molecular flexibility index (Phi) is 1.07. The zero-order valence-corrected chi connectivity index (χ0v) is 7.95. The van der Waals surface area contributed by atoms with E-state index in [0.29, 0.717) is 11.6 Å². The smallest absolute Gasteiger partial charge is 0.0869 e. The minimum absolute atomic E-state index is 0.397. The molecule has 1 spiro atoms. The van der Waals surface area contributed by atoms with Gasteiger partial charge in [-0.15, -0.1) is 0 Å². The van der Waals surface area contributed by atoms with Gasteiger partial charge >= 0.3 is 0 Å². The molecule has 70 valence electrons. The summed E-state index contributed by atoms with van der Waals surface area (Å²) >= 11 is 0. The largest absolute Gasteiger partial charge is 0.190 e. The number of fused-ring (bicyclic) bond motifs is 2. The average Bonchev–Trinajstić information content (AvgIpc) is 2.84. The van der Waals surface area contributed by atoms with Crippen molar-refractivity contribution < 1.29 is 0 Å². The van der Waals surface area contributed by atoms with Gasteiger partial charge in [0.15, 0.2) is 0 Å². The zero-order chi connectivity index (χ0) is 8.47. The summed E-state index contributed by atoms with van der Waals surface area (Å²) in [5.41, 5.74) is 0.397. The summed E-state index contributed by atoms with van der Waals surface area (Å²) in [5.74, 6) is 2.80. The molecular weight excluding hydrogens is 160 g/mol. The molecular formula is C11H16N2. The first-order valence-electron chi connectivity index (χ1n) is 5.81. The van der Waals surface area contributed by atoms with Gasteiger partial charge in [-0.3, -0.25) is 0 Å². The quantitative estimate of drug-likeness (QED) is 0.542. The summed E-state index contributed by atoms with van der Waals surface area (Å²) in [6.07, 6.45) is 8.56. The molecule has 2 nitrogen and oxygen atoms in total. The second kappa shape index (κ2) is 1.99. The lowest BCUT2D eigenvalue weighted by atomic mass is 9.60. The van der Waals surface area contributed by atoms with E-state index in [1.165, 1.54) is 38.5 Å². The van der Waals surface area contributed by atoms with Gasteiger partial charge in [-0.05, 0) is 50.4 Å². The van der Waals surface area contributed by atoms with Crippen LogP contribution in [-0.4, -0.2) is 11.6 Å². The molecule has 4 aliphatic carbocycles. The van der Waals surface area contributed by atoms with Crippen LogP contribution in [0.5, 0.6) is 0 Å². The van der Waals surface area contributed by atoms with Gasteiger partial charge < -0.3 is 0 Å². The van der Waals surface area contributed by atoms with Crippen LogP contribution in [0.25, 0.3) is 0 Å². The summed E-state index contributed by atoms with van der Waals surface area (Å²) in [6.45, 7) is 0. The van der Waals surface area contributed by atoms with Crippen LogP contribution in [0.3, 0.4) is 0 Å². The predicted molar refractivity (Wildman–Crippen MR) is 49.5 cm³/mol. The van der Waals surface area contributed by atoms with Gasteiger partial charge in [-0.2, -0.15) is 10.2 Å². The van der Waals surface area contributed by atoms with Gasteiger partial charge in [-0.25, -0.2) is 0 Å². The van der Waals surface area contributed by atoms with E-state index in [1.54, 1.807) is 0 Å². The Balaban J connectivity index is 1.77. The molecule has 1 heterocycles. The number of hydrogen-bond acceptors (Lipinski definition) is 2. The molecule has 2 bridgehead atoms. The third kappa shape index (κ3) is 0.718. The Hall–Kier alpha value is -0.400. The Morgan fingerprint density at radius 1 is 0.923 bits per heavy atom. The van der Waals surface area contributed by atoms with E-state index in [1.807, 2.05) is 0 Å². The molecule has 0 aromatic carbocycles. The Bertz CT molecular complexity index is 272. The first kappa shape index (κ1) is 6.97. The zero-order valence-electron chi connectivity index (χ0n) is 7.95. The molecule has 0 aromatic heterocycles. The van der Waals surface area contributed by atoms with Crippen molar-refractivity contribution in [2.45, 2.75) is 50.1 Å². The standard InChI is InChI=1S/C11H16N2/c1-3-8-4-2-7(1)9-10(8)12-13-11(9)5-6-11/h7-10H,1-6H2. The fourth-order valence-corrected chi connectivity index (χ4v) is 4.15. The minimum Gasteiger partial charge on any atom is -0.190 e. The van der Waals surface area contributed by atoms with Gasteiger partial charge in [0.25, 0.3) is 0 Å². The summed E-state index contributed by atoms with van der Waals surface area (Å²) in [6, 6.07) is 0.662. The van der Waals surface area contributed by atoms with Crippen LogP contribution in [0.4, 0.5) is 0 Å². The van der Waals surface area contributed by atoms with Crippen LogP contribution >= 0.6 is 0 Å². The van der Waals surface area contributed by atoms with Crippen molar-refractivity contribution in [3.63, 3.8) is 0 Å². The fourth-order valence-electron chi connectivity index (χ4n) is 4.15. The molecule has 5 aliphatic rings. The van der Waals surface area contributed by atoms with E-state index in [2.05, 4.69) is 10.2 Å². The second-order valence-corrected chi connectivity index (χ2v) is 5.51. The van der Waals surface area contributed by atoms with E-state index in [0.717, 1.165) is 17.8 Å². The van der Waals surface area contributed by atoms with Crippen molar-refractivity contribution in [3.05, 3.63) is 0 Å². The fraction of sp³-hybridized carbons (Fsp3) is 1.00. The summed E-state index contributed by atoms with van der Waals surface area (Å²) in [5, 5.41) is 9.17. The van der Waals surface area contributed by atoms with Gasteiger partial charge in [0.2, 0.25) is 0 Å². The maximum atomic E-state index is 4.59. The lowest BCUT2D eigenvalue weighted by Crippen LogP contribution is -2.45. The summed E-state index contributed by atoms with van der Waals surface area (Å²) in [4.78, 5) is 0. The topological polar surface area (TPSA) is 24.7 Å². The van der Waals surface area contributed by atoms with Crippen molar-refractivity contribution in [2.75, 3.05) is 0 Å². The molecule has 4 saturated carbocycles. The lowest BCUT2D eigenvalue weighted by Gasteiger charge is -2.45. The highest BCUT2D eigenvalue weighted by Gasteiger charge is 2.62. The van der Waals surface area contributed by atoms with E-state index < -0.39 is 0 Å². The molecule has 0 radical (unpaired) electrons. The minimum atomic E-state index is 0.397. The molecule has 1 aliphatic heterocycles. The molecule has 0 N–H and O–H groups in total. The van der Waals surface area contributed by atoms with Crippen LogP contribution < -0.4 is 0 Å². The van der Waals surface area contributed by atoms with E-state index in [9.17, 15) is 0 Å². The first-order valence-corrected chi connectivity index (χ1v) is 5.81. The van der Waals surface area contributed by atoms with Crippen LogP contribution in [0.15, 0.2) is 10.2 Å². The predicted octanol–water partition coefficient (Wildman–Crippen LogP) is 2.79. The van der Waals surface area contributed by atoms with Crippen LogP contribution in [-0.2, 0) is 0 Å². The maximum Gasteiger partial charge on any atom is 0.0869 e. The van der Waals surface area contributed by atoms with E-state index in [-0.39, 0.29) is 0 Å². The third-order valence-electron chi connectivity index (χ3n) is 4.95. The Labute approximate surface area is 78.8 Å². The summed E-state index contributed by atoms with van der Waals surface area (Å²) in [7, 11) is 0. The maximum absolute atomic E-state index is 4.59. The van der Waals surface area contributed by atoms with Gasteiger partial charge in [-0.1, -0.05) is 0 Å². The second-order valence-electron chi connectivity index (χ2n) is 5.51. The molecule has 2 heteroatoms. The number of nitrogens with zero attached hydrogens (tertiary/aromatic N) is 2. The van der Waals surface area contributed by atoms with Crippen molar-refractivity contribution in [1.29, 1.82) is 0 Å². The molecule has 2 unspecified atom stereocenters.